The number of fused-ring (bicyclic) bond motifs is 1. The lowest BCUT2D eigenvalue weighted by molar-refractivity contribution is -0.137. The molecule has 4 rings (SSSR count). The molecular formula is C30H37FN2O4S. The number of benzene rings is 2. The van der Waals surface area contributed by atoms with Crippen LogP contribution in [0.5, 0.6) is 11.5 Å². The van der Waals surface area contributed by atoms with Crippen molar-refractivity contribution in [1.82, 2.24) is 9.88 Å². The summed E-state index contributed by atoms with van der Waals surface area (Å²) in [4.78, 5) is 19.3. The molecule has 0 spiro atoms. The van der Waals surface area contributed by atoms with Crippen LogP contribution in [0.4, 0.5) is 4.39 Å². The molecule has 1 aromatic heterocycles. The highest BCUT2D eigenvalue weighted by molar-refractivity contribution is 7.99. The standard InChI is InChI=1S/C30H37FN2O4S/c1-36-23-5-8-25(9-6-23)38-18-17-33-16-14-21(22(20-33)4-12-30(34)35)3-10-28(31)26-13-15-32-29-11-7-24(37-2)19-27(26)29/h5-9,11,13,15,19,21-22,28H,3-4,10,12,14,16-18,20H2,1-2H3,(H,34,35)/t21-,22-,28-/m1/s1. The first-order valence-electron chi connectivity index (χ1n) is 13.2. The van der Waals surface area contributed by atoms with E-state index < -0.39 is 12.1 Å². The van der Waals surface area contributed by atoms with Gasteiger partial charge in [-0.05, 0) is 98.2 Å². The Hall–Kier alpha value is -2.84. The third kappa shape index (κ3) is 7.60. The monoisotopic (exact) mass is 540 g/mol. The third-order valence-corrected chi connectivity index (χ3v) is 8.54. The van der Waals surface area contributed by atoms with E-state index in [1.54, 1.807) is 26.5 Å². The van der Waals surface area contributed by atoms with E-state index in [0.717, 1.165) is 54.9 Å². The molecule has 1 saturated heterocycles. The number of carboxylic acids is 1. The van der Waals surface area contributed by atoms with Crippen LogP contribution in [0, 0.1) is 11.8 Å². The molecule has 0 aliphatic carbocycles. The summed E-state index contributed by atoms with van der Waals surface area (Å²) >= 11 is 1.81. The summed E-state index contributed by atoms with van der Waals surface area (Å²) in [5.74, 6) is 2.31. The van der Waals surface area contributed by atoms with Gasteiger partial charge in [0.1, 0.15) is 17.7 Å². The van der Waals surface area contributed by atoms with Crippen LogP contribution in [0.1, 0.15) is 43.8 Å². The quantitative estimate of drug-likeness (QED) is 0.244. The minimum Gasteiger partial charge on any atom is -0.497 e. The van der Waals surface area contributed by atoms with E-state index in [1.807, 2.05) is 42.1 Å². The van der Waals surface area contributed by atoms with Crippen LogP contribution in [-0.2, 0) is 4.79 Å². The predicted octanol–water partition coefficient (Wildman–Crippen LogP) is 6.64. The van der Waals surface area contributed by atoms with Gasteiger partial charge < -0.3 is 19.5 Å². The number of rotatable bonds is 13. The highest BCUT2D eigenvalue weighted by Crippen LogP contribution is 2.36. The Bertz CT molecular complexity index is 1190. The fourth-order valence-electron chi connectivity index (χ4n) is 5.40. The van der Waals surface area contributed by atoms with Gasteiger partial charge >= 0.3 is 5.97 Å². The van der Waals surface area contributed by atoms with E-state index in [4.69, 9.17) is 9.47 Å². The molecule has 0 radical (unpaired) electrons. The predicted molar refractivity (Wildman–Crippen MR) is 150 cm³/mol. The van der Waals surface area contributed by atoms with Crippen molar-refractivity contribution in [2.75, 3.05) is 39.6 Å². The second-order valence-corrected chi connectivity index (χ2v) is 11.1. The van der Waals surface area contributed by atoms with Crippen LogP contribution >= 0.6 is 11.8 Å². The maximum Gasteiger partial charge on any atom is 0.303 e. The lowest BCUT2D eigenvalue weighted by Gasteiger charge is -2.39. The number of pyridine rings is 1. The Kier molecular flexibility index (Phi) is 10.2. The molecule has 6 nitrogen and oxygen atoms in total. The lowest BCUT2D eigenvalue weighted by atomic mass is 9.79. The van der Waals surface area contributed by atoms with E-state index in [1.165, 1.54) is 4.90 Å². The highest BCUT2D eigenvalue weighted by atomic mass is 32.2. The van der Waals surface area contributed by atoms with Gasteiger partial charge in [-0.2, -0.15) is 0 Å². The zero-order chi connectivity index (χ0) is 26.9. The Balaban J connectivity index is 1.33. The summed E-state index contributed by atoms with van der Waals surface area (Å²) in [6, 6.07) is 15.4. The SMILES string of the molecule is COc1ccc(SCCN2CC[C@@H](CC[C@@H](F)c3ccnc4ccc(OC)cc34)[C@H](CCC(=O)O)C2)cc1. The largest absolute Gasteiger partial charge is 0.497 e. The van der Waals surface area contributed by atoms with Crippen LogP contribution in [0.25, 0.3) is 10.9 Å². The maximum absolute atomic E-state index is 15.6. The van der Waals surface area contributed by atoms with E-state index in [2.05, 4.69) is 22.0 Å². The Morgan fingerprint density at radius 1 is 1.11 bits per heavy atom. The first kappa shape index (κ1) is 28.2. The highest BCUT2D eigenvalue weighted by Gasteiger charge is 2.30. The maximum atomic E-state index is 15.6. The number of piperidine rings is 1. The zero-order valence-electron chi connectivity index (χ0n) is 22.1. The molecule has 8 heteroatoms. The summed E-state index contributed by atoms with van der Waals surface area (Å²) in [5.41, 5.74) is 1.40. The van der Waals surface area contributed by atoms with Gasteiger partial charge in [0.25, 0.3) is 0 Å². The van der Waals surface area contributed by atoms with Crippen molar-refractivity contribution in [2.45, 2.75) is 43.2 Å². The third-order valence-electron chi connectivity index (χ3n) is 7.55. The van der Waals surface area contributed by atoms with Crippen LogP contribution < -0.4 is 9.47 Å². The van der Waals surface area contributed by atoms with Gasteiger partial charge in [0.2, 0.25) is 0 Å². The van der Waals surface area contributed by atoms with Gasteiger partial charge in [0.15, 0.2) is 0 Å². The molecule has 1 N–H and O–H groups in total. The average Bonchev–Trinajstić information content (AvgIpc) is 2.95. The van der Waals surface area contributed by atoms with Gasteiger partial charge in [-0.1, -0.05) is 0 Å². The molecule has 3 atom stereocenters. The summed E-state index contributed by atoms with van der Waals surface area (Å²) in [6.45, 7) is 2.78. The number of hydrogen-bond donors (Lipinski definition) is 1. The van der Waals surface area contributed by atoms with E-state index in [0.29, 0.717) is 30.1 Å². The number of carboxylic acid groups (broad SMARTS) is 1. The molecule has 1 fully saturated rings. The number of thioether (sulfide) groups is 1. The van der Waals surface area contributed by atoms with Crippen molar-refractivity contribution < 1.29 is 23.8 Å². The molecular weight excluding hydrogens is 503 g/mol. The van der Waals surface area contributed by atoms with E-state index in [9.17, 15) is 9.90 Å². The first-order chi connectivity index (χ1) is 18.5. The average molecular weight is 541 g/mol. The van der Waals surface area contributed by atoms with Gasteiger partial charge in [0.05, 0.1) is 19.7 Å². The number of aromatic nitrogens is 1. The lowest BCUT2D eigenvalue weighted by Crippen LogP contribution is -2.41. The molecule has 1 aliphatic heterocycles. The number of nitrogens with zero attached hydrogens (tertiary/aromatic N) is 2. The molecule has 3 aromatic rings. The number of likely N-dealkylation sites (tertiary alicyclic amines) is 1. The number of ether oxygens (including phenoxy) is 2. The summed E-state index contributed by atoms with van der Waals surface area (Å²) in [7, 11) is 3.27. The van der Waals surface area contributed by atoms with E-state index >= 15 is 4.39 Å². The summed E-state index contributed by atoms with van der Waals surface area (Å²) in [5, 5.41) is 10.1. The molecule has 0 unspecified atom stereocenters. The molecule has 2 aromatic carbocycles. The molecule has 2 heterocycles. The first-order valence-corrected chi connectivity index (χ1v) is 14.2. The minimum absolute atomic E-state index is 0.156. The fourth-order valence-corrected chi connectivity index (χ4v) is 6.32. The number of carbonyl (C=O) groups is 1. The van der Waals surface area contributed by atoms with Crippen molar-refractivity contribution in [2.24, 2.45) is 11.8 Å². The molecule has 0 saturated carbocycles. The van der Waals surface area contributed by atoms with Crippen molar-refractivity contribution in [3.05, 3.63) is 60.3 Å². The molecule has 0 amide bonds. The van der Waals surface area contributed by atoms with Crippen LogP contribution in [0.3, 0.4) is 0 Å². The smallest absolute Gasteiger partial charge is 0.303 e. The fraction of sp³-hybridized carbons (Fsp3) is 0.467. The van der Waals surface area contributed by atoms with Crippen LogP contribution in [-0.4, -0.2) is 60.6 Å². The van der Waals surface area contributed by atoms with Gasteiger partial charge in [-0.15, -0.1) is 11.8 Å². The number of aliphatic carboxylic acids is 1. The second-order valence-electron chi connectivity index (χ2n) is 9.89. The number of hydrogen-bond acceptors (Lipinski definition) is 6. The van der Waals surface area contributed by atoms with Crippen LogP contribution in [0.15, 0.2) is 59.6 Å². The van der Waals surface area contributed by atoms with Crippen molar-refractivity contribution >= 4 is 28.6 Å². The molecule has 1 aliphatic rings. The Labute approximate surface area is 228 Å². The van der Waals surface area contributed by atoms with Crippen molar-refractivity contribution in [3.8, 4) is 11.5 Å². The van der Waals surface area contributed by atoms with E-state index in [-0.39, 0.29) is 12.3 Å². The number of methoxy groups -OCH3 is 2. The molecule has 38 heavy (non-hydrogen) atoms. The van der Waals surface area contributed by atoms with Gasteiger partial charge in [-0.3, -0.25) is 9.78 Å². The second kappa shape index (κ2) is 13.8. The molecule has 0 bridgehead atoms. The summed E-state index contributed by atoms with van der Waals surface area (Å²) in [6.07, 6.45) is 3.47. The van der Waals surface area contributed by atoms with Crippen molar-refractivity contribution in [1.29, 1.82) is 0 Å². The number of halogens is 1. The topological polar surface area (TPSA) is 71.9 Å². The molecule has 204 valence electrons. The van der Waals surface area contributed by atoms with Gasteiger partial charge in [-0.25, -0.2) is 4.39 Å². The normalized spacial score (nSPS) is 18.8. The van der Waals surface area contributed by atoms with Crippen LogP contribution in [0.2, 0.25) is 0 Å². The zero-order valence-corrected chi connectivity index (χ0v) is 23.0. The Morgan fingerprint density at radius 3 is 2.61 bits per heavy atom. The van der Waals surface area contributed by atoms with Gasteiger partial charge in [0, 0.05) is 41.7 Å². The summed E-state index contributed by atoms with van der Waals surface area (Å²) < 4.78 is 26.1. The Morgan fingerprint density at radius 2 is 1.87 bits per heavy atom. The number of alkyl halides is 1. The van der Waals surface area contributed by atoms with Crippen molar-refractivity contribution in [3.63, 3.8) is 0 Å². The minimum atomic E-state index is -1.10.